The molecule has 66 valence electrons. The van der Waals surface area contributed by atoms with E-state index in [4.69, 9.17) is 4.42 Å². The number of benzene rings is 1. The molecule has 0 saturated carbocycles. The van der Waals surface area contributed by atoms with Crippen LogP contribution in [0.4, 0.5) is 0 Å². The molecule has 1 nitrogen and oxygen atoms in total. The lowest BCUT2D eigenvalue weighted by Crippen LogP contribution is -1.76. The molecule has 0 aliphatic rings. The first-order valence-corrected chi connectivity index (χ1v) is 4.35. The van der Waals surface area contributed by atoms with Crippen molar-refractivity contribution in [3.63, 3.8) is 0 Å². The maximum Gasteiger partial charge on any atom is 0.135 e. The highest BCUT2D eigenvalue weighted by Gasteiger charge is 2.08. The highest BCUT2D eigenvalue weighted by Crippen LogP contribution is 2.28. The second-order valence-corrected chi connectivity index (χ2v) is 3.21. The Morgan fingerprint density at radius 3 is 2.77 bits per heavy atom. The lowest BCUT2D eigenvalue weighted by atomic mass is 10.1. The molecule has 0 radical (unpaired) electrons. The minimum atomic E-state index is 0.951. The van der Waals surface area contributed by atoms with Crippen LogP contribution in [0.2, 0.25) is 0 Å². The Morgan fingerprint density at radius 1 is 1.31 bits per heavy atom. The SMILES string of the molecule is C=Cc1cccc2oc(C)c(C)c12. The van der Waals surface area contributed by atoms with Gasteiger partial charge >= 0.3 is 0 Å². The molecule has 1 aromatic heterocycles. The van der Waals surface area contributed by atoms with E-state index >= 15 is 0 Å². The third-order valence-corrected chi connectivity index (χ3v) is 2.44. The van der Waals surface area contributed by atoms with Crippen molar-refractivity contribution in [2.45, 2.75) is 13.8 Å². The van der Waals surface area contributed by atoms with E-state index in [1.807, 2.05) is 25.1 Å². The summed E-state index contributed by atoms with van der Waals surface area (Å²) in [5.41, 5.74) is 3.31. The van der Waals surface area contributed by atoms with Crippen molar-refractivity contribution in [1.82, 2.24) is 0 Å². The maximum absolute atomic E-state index is 5.59. The second-order valence-electron chi connectivity index (χ2n) is 3.21. The molecular weight excluding hydrogens is 160 g/mol. The summed E-state index contributed by atoms with van der Waals surface area (Å²) in [6, 6.07) is 6.03. The first-order valence-electron chi connectivity index (χ1n) is 4.35. The van der Waals surface area contributed by atoms with Crippen LogP contribution in [0.3, 0.4) is 0 Å². The largest absolute Gasteiger partial charge is 0.461 e. The van der Waals surface area contributed by atoms with Gasteiger partial charge in [0, 0.05) is 5.39 Å². The number of fused-ring (bicyclic) bond motifs is 1. The standard InChI is InChI=1S/C12H12O/c1-4-10-6-5-7-11-12(10)8(2)9(3)13-11/h4-7H,1H2,2-3H3. The Labute approximate surface area is 77.7 Å². The Bertz CT molecular complexity index is 463. The quantitative estimate of drug-likeness (QED) is 0.639. The first kappa shape index (κ1) is 8.11. The van der Waals surface area contributed by atoms with Gasteiger partial charge in [0.1, 0.15) is 11.3 Å². The topological polar surface area (TPSA) is 13.1 Å². The zero-order chi connectivity index (χ0) is 9.42. The number of furan rings is 1. The molecule has 0 bridgehead atoms. The van der Waals surface area contributed by atoms with Gasteiger partial charge in [-0.1, -0.05) is 24.8 Å². The lowest BCUT2D eigenvalue weighted by Gasteiger charge is -1.95. The van der Waals surface area contributed by atoms with Crippen molar-refractivity contribution in [3.8, 4) is 0 Å². The van der Waals surface area contributed by atoms with Gasteiger partial charge in [-0.25, -0.2) is 0 Å². The third kappa shape index (κ3) is 1.08. The van der Waals surface area contributed by atoms with E-state index in [9.17, 15) is 0 Å². The zero-order valence-electron chi connectivity index (χ0n) is 7.92. The van der Waals surface area contributed by atoms with E-state index in [0.717, 1.165) is 16.9 Å². The Morgan fingerprint density at radius 2 is 2.08 bits per heavy atom. The van der Waals surface area contributed by atoms with Crippen LogP contribution < -0.4 is 0 Å². The van der Waals surface area contributed by atoms with Crippen LogP contribution in [-0.2, 0) is 0 Å². The van der Waals surface area contributed by atoms with Crippen molar-refractivity contribution in [1.29, 1.82) is 0 Å². The molecule has 0 fully saturated rings. The van der Waals surface area contributed by atoms with Crippen molar-refractivity contribution in [2.75, 3.05) is 0 Å². The van der Waals surface area contributed by atoms with E-state index in [0.29, 0.717) is 0 Å². The molecule has 2 rings (SSSR count). The van der Waals surface area contributed by atoms with Crippen LogP contribution in [-0.4, -0.2) is 0 Å². The van der Waals surface area contributed by atoms with Crippen molar-refractivity contribution >= 4 is 17.0 Å². The summed E-state index contributed by atoms with van der Waals surface area (Å²) in [6.07, 6.45) is 1.87. The van der Waals surface area contributed by atoms with Gasteiger partial charge in [0.15, 0.2) is 0 Å². The predicted molar refractivity (Wildman–Crippen MR) is 55.8 cm³/mol. The van der Waals surface area contributed by atoms with Gasteiger partial charge in [-0.05, 0) is 31.0 Å². The number of hydrogen-bond acceptors (Lipinski definition) is 1. The van der Waals surface area contributed by atoms with Crippen LogP contribution >= 0.6 is 0 Å². The molecule has 13 heavy (non-hydrogen) atoms. The molecule has 0 atom stereocenters. The first-order chi connectivity index (χ1) is 6.24. The number of rotatable bonds is 1. The average molecular weight is 172 g/mol. The zero-order valence-corrected chi connectivity index (χ0v) is 7.92. The Kier molecular flexibility index (Phi) is 1.73. The summed E-state index contributed by atoms with van der Waals surface area (Å²) in [5.74, 6) is 0.990. The summed E-state index contributed by atoms with van der Waals surface area (Å²) >= 11 is 0. The fraction of sp³-hybridized carbons (Fsp3) is 0.167. The molecule has 2 aromatic rings. The van der Waals surface area contributed by atoms with Crippen LogP contribution in [0.1, 0.15) is 16.9 Å². The predicted octanol–water partition coefficient (Wildman–Crippen LogP) is 3.69. The molecule has 1 heterocycles. The molecular formula is C12H12O. The van der Waals surface area contributed by atoms with E-state index in [-0.39, 0.29) is 0 Å². The lowest BCUT2D eigenvalue weighted by molar-refractivity contribution is 0.575. The molecule has 1 heteroatoms. The smallest absolute Gasteiger partial charge is 0.135 e. The van der Waals surface area contributed by atoms with E-state index < -0.39 is 0 Å². The average Bonchev–Trinajstić information content (AvgIpc) is 2.43. The highest BCUT2D eigenvalue weighted by molar-refractivity contribution is 5.90. The van der Waals surface area contributed by atoms with Crippen molar-refractivity contribution in [2.24, 2.45) is 0 Å². The molecule has 0 saturated heterocycles. The van der Waals surface area contributed by atoms with Crippen LogP contribution in [0.5, 0.6) is 0 Å². The molecule has 0 unspecified atom stereocenters. The second kappa shape index (κ2) is 2.77. The summed E-state index contributed by atoms with van der Waals surface area (Å²) in [4.78, 5) is 0. The van der Waals surface area contributed by atoms with Gasteiger partial charge in [0.25, 0.3) is 0 Å². The van der Waals surface area contributed by atoms with Crippen LogP contribution in [0.15, 0.2) is 29.2 Å². The molecule has 0 aliphatic heterocycles. The van der Waals surface area contributed by atoms with Gasteiger partial charge in [-0.2, -0.15) is 0 Å². The maximum atomic E-state index is 5.59. The van der Waals surface area contributed by atoms with Crippen LogP contribution in [0, 0.1) is 13.8 Å². The normalized spacial score (nSPS) is 10.6. The summed E-state index contributed by atoms with van der Waals surface area (Å²) in [7, 11) is 0. The van der Waals surface area contributed by atoms with Gasteiger partial charge in [-0.3, -0.25) is 0 Å². The molecule has 0 N–H and O–H groups in total. The Hall–Kier alpha value is -1.50. The molecule has 0 amide bonds. The monoisotopic (exact) mass is 172 g/mol. The van der Waals surface area contributed by atoms with Crippen LogP contribution in [0.25, 0.3) is 17.0 Å². The molecule has 1 aromatic carbocycles. The summed E-state index contributed by atoms with van der Waals surface area (Å²) < 4.78 is 5.59. The number of aryl methyl sites for hydroxylation is 2. The van der Waals surface area contributed by atoms with Crippen molar-refractivity contribution in [3.05, 3.63) is 41.7 Å². The fourth-order valence-corrected chi connectivity index (χ4v) is 1.62. The number of hydrogen-bond donors (Lipinski definition) is 0. The fourth-order valence-electron chi connectivity index (χ4n) is 1.62. The van der Waals surface area contributed by atoms with Gasteiger partial charge in [0.05, 0.1) is 0 Å². The van der Waals surface area contributed by atoms with E-state index in [1.165, 1.54) is 10.9 Å². The van der Waals surface area contributed by atoms with Gasteiger partial charge in [0.2, 0.25) is 0 Å². The summed E-state index contributed by atoms with van der Waals surface area (Å²) in [6.45, 7) is 7.86. The van der Waals surface area contributed by atoms with Gasteiger partial charge in [-0.15, -0.1) is 0 Å². The summed E-state index contributed by atoms with van der Waals surface area (Å²) in [5, 5.41) is 1.19. The third-order valence-electron chi connectivity index (χ3n) is 2.44. The minimum Gasteiger partial charge on any atom is -0.461 e. The van der Waals surface area contributed by atoms with Gasteiger partial charge < -0.3 is 4.42 Å². The Balaban J connectivity index is 2.94. The molecule has 0 spiro atoms. The van der Waals surface area contributed by atoms with Crippen molar-refractivity contribution < 1.29 is 4.42 Å². The van der Waals surface area contributed by atoms with E-state index in [1.54, 1.807) is 0 Å². The van der Waals surface area contributed by atoms with E-state index in [2.05, 4.69) is 19.6 Å². The molecule has 0 aliphatic carbocycles. The highest BCUT2D eigenvalue weighted by atomic mass is 16.3. The minimum absolute atomic E-state index is 0.951.